The van der Waals surface area contributed by atoms with Gasteiger partial charge in [-0.2, -0.15) is 0 Å². The standard InChI is InChI=1S/C53H88O10/c1-3-5-7-9-11-13-15-17-19-21-23-25-27-29-31-33-35-37-39-41-48(55)60-44-46(45-61-53-52(59)51(58)50(57)47(43-54)63-53)62-49(56)42-40-38-36-34-32-30-28-26-24-22-20-18-16-14-12-10-8-6-4-2/h6,8,11-14,17-20,24,26,30,32,46-47,50-54,57-59H,3-5,7,9-10,15-16,21-23,25,27-29,31,33-45H2,1-2H3/b8-6+,13-11+,14-12+,19-17+,20-18+,26-24+,32-30+/t46-,47-,50+,51?,52?,53-/m0/s1. The molecule has 0 amide bonds. The highest BCUT2D eigenvalue weighted by atomic mass is 16.7. The van der Waals surface area contributed by atoms with Crippen molar-refractivity contribution in [2.45, 2.75) is 218 Å². The van der Waals surface area contributed by atoms with Gasteiger partial charge in [0.2, 0.25) is 0 Å². The predicted molar refractivity (Wildman–Crippen MR) is 256 cm³/mol. The number of hydrogen-bond donors (Lipinski definition) is 4. The van der Waals surface area contributed by atoms with Gasteiger partial charge in [-0.15, -0.1) is 0 Å². The Hall–Kier alpha value is -3.12. The minimum atomic E-state index is -1.61. The first-order valence-corrected chi connectivity index (χ1v) is 24.7. The van der Waals surface area contributed by atoms with E-state index in [1.165, 1.54) is 57.8 Å². The molecular weight excluding hydrogens is 797 g/mol. The Kier molecular flexibility index (Phi) is 39.3. The summed E-state index contributed by atoms with van der Waals surface area (Å²) in [4.78, 5) is 25.4. The molecule has 10 heteroatoms. The number of esters is 2. The van der Waals surface area contributed by atoms with E-state index in [4.69, 9.17) is 18.9 Å². The van der Waals surface area contributed by atoms with Gasteiger partial charge in [0.25, 0.3) is 0 Å². The summed E-state index contributed by atoms with van der Waals surface area (Å²) in [7, 11) is 0. The van der Waals surface area contributed by atoms with Crippen molar-refractivity contribution in [1.82, 2.24) is 0 Å². The smallest absolute Gasteiger partial charge is 0.306 e. The van der Waals surface area contributed by atoms with Gasteiger partial charge in [0.1, 0.15) is 31.0 Å². The average Bonchev–Trinajstić information content (AvgIpc) is 3.28. The molecule has 0 bridgehead atoms. The molecule has 63 heavy (non-hydrogen) atoms. The highest BCUT2D eigenvalue weighted by Gasteiger charge is 2.44. The van der Waals surface area contributed by atoms with Gasteiger partial charge >= 0.3 is 11.9 Å². The van der Waals surface area contributed by atoms with E-state index in [0.29, 0.717) is 12.8 Å². The number of hydrogen-bond acceptors (Lipinski definition) is 10. The summed E-state index contributed by atoms with van der Waals surface area (Å²) in [5, 5.41) is 40.2. The summed E-state index contributed by atoms with van der Waals surface area (Å²) in [6, 6.07) is 0. The highest BCUT2D eigenvalue weighted by Crippen LogP contribution is 2.22. The van der Waals surface area contributed by atoms with Crippen molar-refractivity contribution in [3.05, 3.63) is 85.1 Å². The molecule has 1 fully saturated rings. The molecule has 0 aromatic rings. The summed E-state index contributed by atoms with van der Waals surface area (Å²) in [6.07, 6.45) is 48.7. The number of rotatable bonds is 40. The zero-order chi connectivity index (χ0) is 45.9. The van der Waals surface area contributed by atoms with Crippen LogP contribution in [0.1, 0.15) is 181 Å². The largest absolute Gasteiger partial charge is 0.462 e. The molecule has 0 spiro atoms. The number of ether oxygens (including phenoxy) is 4. The lowest BCUT2D eigenvalue weighted by Crippen LogP contribution is -2.59. The topological polar surface area (TPSA) is 152 Å². The van der Waals surface area contributed by atoms with Crippen molar-refractivity contribution in [2.75, 3.05) is 19.8 Å². The number of aliphatic hydroxyl groups excluding tert-OH is 4. The molecule has 0 aromatic carbocycles. The van der Waals surface area contributed by atoms with Crippen LogP contribution in [0, 0.1) is 0 Å². The highest BCUT2D eigenvalue weighted by molar-refractivity contribution is 5.70. The number of allylic oxidation sites excluding steroid dienone is 14. The van der Waals surface area contributed by atoms with Gasteiger partial charge in [-0.05, 0) is 89.9 Å². The molecule has 2 unspecified atom stereocenters. The fourth-order valence-electron chi connectivity index (χ4n) is 6.89. The molecule has 0 aliphatic carbocycles. The monoisotopic (exact) mass is 885 g/mol. The van der Waals surface area contributed by atoms with Gasteiger partial charge in [-0.3, -0.25) is 9.59 Å². The van der Waals surface area contributed by atoms with Crippen molar-refractivity contribution in [3.8, 4) is 0 Å². The Bertz CT molecular complexity index is 1300. The molecule has 1 aliphatic rings. The van der Waals surface area contributed by atoms with E-state index in [-0.39, 0.29) is 26.1 Å². The fraction of sp³-hybridized carbons (Fsp3) is 0.698. The maximum Gasteiger partial charge on any atom is 0.306 e. The van der Waals surface area contributed by atoms with Crippen LogP contribution in [0.4, 0.5) is 0 Å². The summed E-state index contributed by atoms with van der Waals surface area (Å²) in [5.41, 5.74) is 0. The van der Waals surface area contributed by atoms with E-state index in [9.17, 15) is 30.0 Å². The van der Waals surface area contributed by atoms with Crippen LogP contribution in [-0.2, 0) is 28.5 Å². The van der Waals surface area contributed by atoms with Crippen molar-refractivity contribution < 1.29 is 49.0 Å². The first-order chi connectivity index (χ1) is 30.8. The van der Waals surface area contributed by atoms with E-state index < -0.39 is 55.4 Å². The third kappa shape index (κ3) is 34.0. The molecule has 1 saturated heterocycles. The second-order valence-corrected chi connectivity index (χ2v) is 16.5. The lowest BCUT2D eigenvalue weighted by Gasteiger charge is -2.39. The molecule has 1 aliphatic heterocycles. The van der Waals surface area contributed by atoms with Gasteiger partial charge in [0, 0.05) is 12.8 Å². The van der Waals surface area contributed by atoms with Crippen molar-refractivity contribution in [3.63, 3.8) is 0 Å². The van der Waals surface area contributed by atoms with Crippen LogP contribution in [0.25, 0.3) is 0 Å². The van der Waals surface area contributed by atoms with Crippen molar-refractivity contribution in [1.29, 1.82) is 0 Å². The minimum absolute atomic E-state index is 0.185. The van der Waals surface area contributed by atoms with Crippen LogP contribution in [0.3, 0.4) is 0 Å². The molecule has 10 nitrogen and oxygen atoms in total. The van der Waals surface area contributed by atoms with E-state index in [2.05, 4.69) is 98.9 Å². The zero-order valence-corrected chi connectivity index (χ0v) is 39.3. The summed E-state index contributed by atoms with van der Waals surface area (Å²) in [6.45, 7) is 3.24. The third-order valence-corrected chi connectivity index (χ3v) is 10.8. The van der Waals surface area contributed by atoms with Crippen LogP contribution >= 0.6 is 0 Å². The van der Waals surface area contributed by atoms with Crippen molar-refractivity contribution in [2.24, 2.45) is 0 Å². The molecule has 0 radical (unpaired) electrons. The minimum Gasteiger partial charge on any atom is -0.462 e. The van der Waals surface area contributed by atoms with E-state index in [1.54, 1.807) is 0 Å². The lowest BCUT2D eigenvalue weighted by atomic mass is 9.99. The fourth-order valence-corrected chi connectivity index (χ4v) is 6.89. The normalized spacial score (nSPS) is 20.3. The van der Waals surface area contributed by atoms with Gasteiger partial charge in [0.05, 0.1) is 13.2 Å². The molecule has 360 valence electrons. The Labute approximate surface area is 382 Å². The summed E-state index contributed by atoms with van der Waals surface area (Å²) in [5.74, 6) is -0.854. The Morgan fingerprint density at radius 2 is 0.937 bits per heavy atom. The number of carbonyl (C=O) groups is 2. The quantitative estimate of drug-likeness (QED) is 0.0266. The molecule has 0 saturated carbocycles. The Balaban J connectivity index is 2.32. The molecule has 0 aromatic heterocycles. The van der Waals surface area contributed by atoms with E-state index >= 15 is 0 Å². The second-order valence-electron chi connectivity index (χ2n) is 16.5. The van der Waals surface area contributed by atoms with Crippen LogP contribution < -0.4 is 0 Å². The van der Waals surface area contributed by atoms with Gasteiger partial charge < -0.3 is 39.4 Å². The first-order valence-electron chi connectivity index (χ1n) is 24.7. The van der Waals surface area contributed by atoms with Crippen LogP contribution in [0.15, 0.2) is 85.1 Å². The Morgan fingerprint density at radius 1 is 0.508 bits per heavy atom. The Morgan fingerprint density at radius 3 is 1.43 bits per heavy atom. The maximum absolute atomic E-state index is 12.8. The number of aliphatic hydroxyl groups is 4. The van der Waals surface area contributed by atoms with E-state index in [1.807, 2.05) is 0 Å². The van der Waals surface area contributed by atoms with Crippen LogP contribution in [0.5, 0.6) is 0 Å². The average molecular weight is 885 g/mol. The maximum atomic E-state index is 12.8. The van der Waals surface area contributed by atoms with Gasteiger partial charge in [-0.1, -0.05) is 163 Å². The molecule has 1 rings (SSSR count). The van der Waals surface area contributed by atoms with E-state index in [0.717, 1.165) is 83.5 Å². The van der Waals surface area contributed by atoms with Crippen molar-refractivity contribution >= 4 is 11.9 Å². The molecular formula is C53H88O10. The number of carbonyl (C=O) groups excluding carboxylic acids is 2. The van der Waals surface area contributed by atoms with Gasteiger partial charge in [-0.25, -0.2) is 0 Å². The predicted octanol–water partition coefficient (Wildman–Crippen LogP) is 11.3. The summed E-state index contributed by atoms with van der Waals surface area (Å²) >= 11 is 0. The van der Waals surface area contributed by atoms with Gasteiger partial charge in [0.15, 0.2) is 12.4 Å². The molecule has 6 atom stereocenters. The molecule has 4 N–H and O–H groups in total. The van der Waals surface area contributed by atoms with Crippen LogP contribution in [0.2, 0.25) is 0 Å². The lowest BCUT2D eigenvalue weighted by molar-refractivity contribution is -0.305. The SMILES string of the molecule is CC/C=C/C/C=C/C/C=C/C/C=C/C/C=C/CCCCCC(=O)O[C@@H](COC(=O)CCCCCCCCCCC/C=C/C/C=C/CCCCC)CO[C@H]1O[C@@H](CO)[C@@H](O)C(O)C1O. The zero-order valence-electron chi connectivity index (χ0n) is 39.3. The summed E-state index contributed by atoms with van der Waals surface area (Å²) < 4.78 is 22.2. The van der Waals surface area contributed by atoms with Crippen LogP contribution in [-0.4, -0.2) is 89.0 Å². The third-order valence-electron chi connectivity index (χ3n) is 10.8. The number of unbranched alkanes of at least 4 members (excludes halogenated alkanes) is 15. The second kappa shape index (κ2) is 42.8. The molecule has 1 heterocycles. The first kappa shape index (κ1) is 57.9.